The molecular formula is C22H43NO3. The number of carbonyl (C=O) groups is 2. The summed E-state index contributed by atoms with van der Waals surface area (Å²) < 4.78 is 0. The fourth-order valence-corrected chi connectivity index (χ4v) is 2.57. The Morgan fingerprint density at radius 3 is 1.58 bits per heavy atom. The molecule has 1 N–H and O–H groups in total. The summed E-state index contributed by atoms with van der Waals surface area (Å²) >= 11 is 0. The highest BCUT2D eigenvalue weighted by Crippen LogP contribution is 2.10. The van der Waals surface area contributed by atoms with Gasteiger partial charge in [-0.15, -0.1) is 0 Å². The Morgan fingerprint density at radius 2 is 1.15 bits per heavy atom. The molecule has 0 heterocycles. The van der Waals surface area contributed by atoms with Gasteiger partial charge >= 0.3 is 0 Å². The average Bonchev–Trinajstić information content (AvgIpc) is 2.57. The Morgan fingerprint density at radius 1 is 0.769 bits per heavy atom. The third-order valence-corrected chi connectivity index (χ3v) is 4.15. The summed E-state index contributed by atoms with van der Waals surface area (Å²) in [6.45, 7) is 3.35. The molecule has 0 spiro atoms. The van der Waals surface area contributed by atoms with E-state index in [9.17, 15) is 4.79 Å². The quantitative estimate of drug-likeness (QED) is 0.276. The van der Waals surface area contributed by atoms with Crippen LogP contribution < -0.4 is 0 Å². The second-order valence-corrected chi connectivity index (χ2v) is 7.14. The van der Waals surface area contributed by atoms with Gasteiger partial charge in [0.05, 0.1) is 0 Å². The lowest BCUT2D eigenvalue weighted by molar-refractivity contribution is -0.134. The van der Waals surface area contributed by atoms with Gasteiger partial charge in [0.15, 0.2) is 0 Å². The van der Waals surface area contributed by atoms with E-state index in [0.717, 1.165) is 13.3 Å². The van der Waals surface area contributed by atoms with Crippen molar-refractivity contribution in [2.24, 2.45) is 0 Å². The molecule has 0 aliphatic carbocycles. The van der Waals surface area contributed by atoms with E-state index < -0.39 is 5.97 Å². The van der Waals surface area contributed by atoms with Crippen molar-refractivity contribution in [1.29, 1.82) is 0 Å². The molecule has 0 aliphatic heterocycles. The number of allylic oxidation sites excluding steroid dienone is 2. The van der Waals surface area contributed by atoms with Crippen LogP contribution in [0.5, 0.6) is 0 Å². The molecular weight excluding hydrogens is 326 g/mol. The van der Waals surface area contributed by atoms with Crippen LogP contribution in [0.1, 0.15) is 104 Å². The van der Waals surface area contributed by atoms with Gasteiger partial charge in [-0.25, -0.2) is 0 Å². The number of rotatable bonds is 15. The summed E-state index contributed by atoms with van der Waals surface area (Å²) in [5.41, 5.74) is 0. The third kappa shape index (κ3) is 27.5. The van der Waals surface area contributed by atoms with Crippen molar-refractivity contribution in [2.75, 3.05) is 14.1 Å². The fourth-order valence-electron chi connectivity index (χ4n) is 2.57. The zero-order valence-corrected chi connectivity index (χ0v) is 17.8. The second kappa shape index (κ2) is 21.7. The summed E-state index contributed by atoms with van der Waals surface area (Å²) in [7, 11) is 3.67. The number of carbonyl (C=O) groups excluding carboxylic acids is 1. The SMILES string of the molecule is CC(=O)O.CCCCCCCC/C=C\CCCCCCCC(=O)N(C)C. The molecule has 0 bridgehead atoms. The molecule has 1 amide bonds. The number of hydrogen-bond acceptors (Lipinski definition) is 2. The zero-order chi connectivity index (χ0) is 20.0. The normalized spacial score (nSPS) is 10.5. The number of nitrogens with zero attached hydrogens (tertiary/aromatic N) is 1. The van der Waals surface area contributed by atoms with Crippen LogP contribution in [0.25, 0.3) is 0 Å². The smallest absolute Gasteiger partial charge is 0.300 e. The Labute approximate surface area is 162 Å². The predicted molar refractivity (Wildman–Crippen MR) is 111 cm³/mol. The van der Waals surface area contributed by atoms with Gasteiger partial charge in [-0.05, 0) is 32.1 Å². The Bertz CT molecular complexity index is 347. The predicted octanol–water partition coefficient (Wildman–Crippen LogP) is 6.20. The summed E-state index contributed by atoms with van der Waals surface area (Å²) in [5, 5.41) is 7.42. The van der Waals surface area contributed by atoms with Gasteiger partial charge in [0.25, 0.3) is 5.97 Å². The van der Waals surface area contributed by atoms with Gasteiger partial charge in [0.2, 0.25) is 5.91 Å². The lowest BCUT2D eigenvalue weighted by Crippen LogP contribution is -2.20. The van der Waals surface area contributed by atoms with E-state index in [1.165, 1.54) is 77.0 Å². The molecule has 0 aromatic heterocycles. The Balaban J connectivity index is 0. The Kier molecular flexibility index (Phi) is 22.5. The molecule has 4 heteroatoms. The molecule has 0 rings (SSSR count). The van der Waals surface area contributed by atoms with E-state index in [1.54, 1.807) is 4.90 Å². The molecule has 4 nitrogen and oxygen atoms in total. The minimum Gasteiger partial charge on any atom is -0.481 e. The number of aliphatic carboxylic acids is 1. The maximum absolute atomic E-state index is 11.4. The highest BCUT2D eigenvalue weighted by atomic mass is 16.4. The van der Waals surface area contributed by atoms with Crippen molar-refractivity contribution in [2.45, 2.75) is 104 Å². The van der Waals surface area contributed by atoms with Crippen LogP contribution >= 0.6 is 0 Å². The van der Waals surface area contributed by atoms with E-state index in [2.05, 4.69) is 19.1 Å². The van der Waals surface area contributed by atoms with Crippen LogP contribution in [0.4, 0.5) is 0 Å². The maximum Gasteiger partial charge on any atom is 0.300 e. The van der Waals surface area contributed by atoms with Gasteiger partial charge in [-0.1, -0.05) is 70.4 Å². The summed E-state index contributed by atoms with van der Waals surface area (Å²) in [4.78, 5) is 22.1. The number of unbranched alkanes of at least 4 members (excludes halogenated alkanes) is 11. The molecule has 154 valence electrons. The van der Waals surface area contributed by atoms with Crippen LogP contribution in [0.2, 0.25) is 0 Å². The van der Waals surface area contributed by atoms with Crippen LogP contribution in [0, 0.1) is 0 Å². The molecule has 0 saturated heterocycles. The van der Waals surface area contributed by atoms with Gasteiger partial charge in [0, 0.05) is 27.4 Å². The third-order valence-electron chi connectivity index (χ3n) is 4.15. The van der Waals surface area contributed by atoms with Crippen LogP contribution in [-0.4, -0.2) is 36.0 Å². The van der Waals surface area contributed by atoms with Crippen LogP contribution in [0.3, 0.4) is 0 Å². The first-order valence-electron chi connectivity index (χ1n) is 10.5. The molecule has 0 unspecified atom stereocenters. The van der Waals surface area contributed by atoms with E-state index in [4.69, 9.17) is 9.90 Å². The van der Waals surface area contributed by atoms with Gasteiger partial charge in [0.1, 0.15) is 0 Å². The van der Waals surface area contributed by atoms with Crippen molar-refractivity contribution in [3.8, 4) is 0 Å². The number of carboxylic acid groups (broad SMARTS) is 1. The molecule has 0 aliphatic rings. The fraction of sp³-hybridized carbons (Fsp3) is 0.818. The molecule has 0 atom stereocenters. The lowest BCUT2D eigenvalue weighted by atomic mass is 10.1. The van der Waals surface area contributed by atoms with E-state index in [0.29, 0.717) is 6.42 Å². The van der Waals surface area contributed by atoms with E-state index in [1.807, 2.05) is 14.1 Å². The molecule has 0 radical (unpaired) electrons. The van der Waals surface area contributed by atoms with Crippen LogP contribution in [-0.2, 0) is 9.59 Å². The second-order valence-electron chi connectivity index (χ2n) is 7.14. The summed E-state index contributed by atoms with van der Waals surface area (Å²) in [6, 6.07) is 0. The lowest BCUT2D eigenvalue weighted by Gasteiger charge is -2.09. The van der Waals surface area contributed by atoms with E-state index >= 15 is 0 Å². The number of hydrogen-bond donors (Lipinski definition) is 1. The highest BCUT2D eigenvalue weighted by molar-refractivity contribution is 5.75. The first-order chi connectivity index (χ1) is 12.4. The van der Waals surface area contributed by atoms with Gasteiger partial charge < -0.3 is 10.0 Å². The zero-order valence-electron chi connectivity index (χ0n) is 17.8. The molecule has 0 saturated carbocycles. The van der Waals surface area contributed by atoms with Crippen molar-refractivity contribution in [1.82, 2.24) is 4.90 Å². The molecule has 0 aromatic carbocycles. The molecule has 26 heavy (non-hydrogen) atoms. The van der Waals surface area contributed by atoms with Crippen molar-refractivity contribution in [3.05, 3.63) is 12.2 Å². The first kappa shape index (κ1) is 26.9. The minimum atomic E-state index is -0.833. The molecule has 0 aromatic rings. The van der Waals surface area contributed by atoms with Crippen molar-refractivity contribution >= 4 is 11.9 Å². The van der Waals surface area contributed by atoms with Gasteiger partial charge in [-0.2, -0.15) is 0 Å². The first-order valence-corrected chi connectivity index (χ1v) is 10.5. The standard InChI is InChI=1S/C20H39NO.C2H4O2/c1-4-5-6-7-8-9-10-11-12-13-14-15-16-17-18-19-20(22)21(2)3;1-2(3)4/h11-12H,4-10,13-19H2,1-3H3;1H3,(H,3,4)/b12-11-;. The Hall–Kier alpha value is -1.32. The van der Waals surface area contributed by atoms with Crippen molar-refractivity contribution < 1.29 is 14.7 Å². The highest BCUT2D eigenvalue weighted by Gasteiger charge is 2.02. The van der Waals surface area contributed by atoms with Crippen LogP contribution in [0.15, 0.2) is 12.2 Å². The van der Waals surface area contributed by atoms with E-state index in [-0.39, 0.29) is 5.91 Å². The monoisotopic (exact) mass is 369 g/mol. The topological polar surface area (TPSA) is 57.6 Å². The summed E-state index contributed by atoms with van der Waals surface area (Å²) in [5.74, 6) is -0.572. The summed E-state index contributed by atoms with van der Waals surface area (Å²) in [6.07, 6.45) is 22.4. The number of carboxylic acids is 1. The van der Waals surface area contributed by atoms with Crippen molar-refractivity contribution in [3.63, 3.8) is 0 Å². The average molecular weight is 370 g/mol. The van der Waals surface area contributed by atoms with Gasteiger partial charge in [-0.3, -0.25) is 9.59 Å². The molecule has 0 fully saturated rings. The maximum atomic E-state index is 11.4. The minimum absolute atomic E-state index is 0.262. The largest absolute Gasteiger partial charge is 0.481 e. The number of amides is 1.